The van der Waals surface area contributed by atoms with Crippen molar-refractivity contribution in [1.82, 2.24) is 14.8 Å². The van der Waals surface area contributed by atoms with E-state index in [0.717, 1.165) is 11.3 Å². The summed E-state index contributed by atoms with van der Waals surface area (Å²) in [4.78, 5) is 21.0. The van der Waals surface area contributed by atoms with Gasteiger partial charge in [0, 0.05) is 42.8 Å². The van der Waals surface area contributed by atoms with Crippen LogP contribution in [0.15, 0.2) is 63.7 Å². The van der Waals surface area contributed by atoms with Gasteiger partial charge in [-0.3, -0.25) is 9.69 Å². The number of amides is 1. The number of halogens is 2. The Kier molecular flexibility index (Phi) is 5.54. The average Bonchev–Trinajstić information content (AvgIpc) is 3.17. The molecule has 1 saturated heterocycles. The lowest BCUT2D eigenvalue weighted by molar-refractivity contribution is 0.0622. The van der Waals surface area contributed by atoms with Gasteiger partial charge in [0.2, 0.25) is 5.89 Å². The van der Waals surface area contributed by atoms with Crippen LogP contribution in [0.3, 0.4) is 0 Å². The molecule has 0 N–H and O–H groups in total. The molecule has 2 aromatic carbocycles. The predicted molar refractivity (Wildman–Crippen MR) is 107 cm³/mol. The zero-order valence-corrected chi connectivity index (χ0v) is 16.7. The van der Waals surface area contributed by atoms with Gasteiger partial charge in [0.15, 0.2) is 0 Å². The van der Waals surface area contributed by atoms with Crippen LogP contribution in [-0.4, -0.2) is 46.9 Å². The topological polar surface area (TPSA) is 49.6 Å². The van der Waals surface area contributed by atoms with Crippen LogP contribution in [0, 0.1) is 5.82 Å². The molecule has 1 aromatic heterocycles. The standard InChI is InChI=1S/C21H19BrFN3O2/c22-16-6-7-18(19(23)12-16)21(27)26-10-8-25(9-11-26)13-17-14-28-20(24-17)15-4-2-1-3-5-15/h1-7,12,14H,8-11,13H2. The van der Waals surface area contributed by atoms with Gasteiger partial charge in [0.05, 0.1) is 11.3 Å². The van der Waals surface area contributed by atoms with Gasteiger partial charge in [-0.15, -0.1) is 0 Å². The van der Waals surface area contributed by atoms with E-state index in [4.69, 9.17) is 4.42 Å². The highest BCUT2D eigenvalue weighted by molar-refractivity contribution is 9.10. The first-order valence-electron chi connectivity index (χ1n) is 9.06. The quantitative estimate of drug-likeness (QED) is 0.606. The largest absolute Gasteiger partial charge is 0.444 e. The number of piperazine rings is 1. The van der Waals surface area contributed by atoms with Gasteiger partial charge in [-0.05, 0) is 30.3 Å². The minimum absolute atomic E-state index is 0.112. The monoisotopic (exact) mass is 443 g/mol. The average molecular weight is 444 g/mol. The normalized spacial score (nSPS) is 15.0. The fourth-order valence-electron chi connectivity index (χ4n) is 3.26. The lowest BCUT2D eigenvalue weighted by Crippen LogP contribution is -2.48. The van der Waals surface area contributed by atoms with E-state index in [1.54, 1.807) is 17.2 Å². The molecule has 0 radical (unpaired) electrons. The van der Waals surface area contributed by atoms with Crippen molar-refractivity contribution in [3.8, 4) is 11.5 Å². The van der Waals surface area contributed by atoms with Crippen molar-refractivity contribution < 1.29 is 13.6 Å². The second kappa shape index (κ2) is 8.24. The number of oxazole rings is 1. The van der Waals surface area contributed by atoms with Crippen LogP contribution in [0.25, 0.3) is 11.5 Å². The molecule has 0 bridgehead atoms. The van der Waals surface area contributed by atoms with Crippen LogP contribution < -0.4 is 0 Å². The molecule has 0 unspecified atom stereocenters. The SMILES string of the molecule is O=C(c1ccc(Br)cc1F)N1CCN(Cc2coc(-c3ccccc3)n2)CC1. The molecule has 0 aliphatic carbocycles. The number of hydrogen-bond acceptors (Lipinski definition) is 4. The summed E-state index contributed by atoms with van der Waals surface area (Å²) in [5.74, 6) is -0.162. The number of carbonyl (C=O) groups is 1. The summed E-state index contributed by atoms with van der Waals surface area (Å²) in [7, 11) is 0. The first-order valence-corrected chi connectivity index (χ1v) is 9.86. The molecule has 2 heterocycles. The highest BCUT2D eigenvalue weighted by Crippen LogP contribution is 2.20. The zero-order valence-electron chi connectivity index (χ0n) is 15.1. The maximum absolute atomic E-state index is 14.1. The Labute approximate surface area is 170 Å². The third-order valence-corrected chi connectivity index (χ3v) is 5.27. The fourth-order valence-corrected chi connectivity index (χ4v) is 3.60. The third kappa shape index (κ3) is 4.15. The molecule has 1 aliphatic rings. The van der Waals surface area contributed by atoms with E-state index in [1.807, 2.05) is 30.3 Å². The fraction of sp³-hybridized carbons (Fsp3) is 0.238. The molecule has 0 atom stereocenters. The summed E-state index contributed by atoms with van der Waals surface area (Å²) in [6, 6.07) is 14.3. The van der Waals surface area contributed by atoms with Gasteiger partial charge in [0.1, 0.15) is 12.1 Å². The molecule has 1 amide bonds. The molecular weight excluding hydrogens is 425 g/mol. The van der Waals surface area contributed by atoms with Crippen LogP contribution in [0.5, 0.6) is 0 Å². The van der Waals surface area contributed by atoms with Crippen LogP contribution in [0.1, 0.15) is 16.1 Å². The van der Waals surface area contributed by atoms with E-state index >= 15 is 0 Å². The number of benzene rings is 2. The molecule has 7 heteroatoms. The Balaban J connectivity index is 1.34. The molecule has 0 spiro atoms. The van der Waals surface area contributed by atoms with Crippen molar-refractivity contribution >= 4 is 21.8 Å². The Morgan fingerprint density at radius 1 is 1.11 bits per heavy atom. The molecule has 0 saturated carbocycles. The van der Waals surface area contributed by atoms with E-state index in [0.29, 0.717) is 43.1 Å². The second-order valence-electron chi connectivity index (χ2n) is 6.70. The Morgan fingerprint density at radius 2 is 1.86 bits per heavy atom. The minimum Gasteiger partial charge on any atom is -0.444 e. The van der Waals surface area contributed by atoms with Crippen LogP contribution in [0.2, 0.25) is 0 Å². The summed E-state index contributed by atoms with van der Waals surface area (Å²) in [5.41, 5.74) is 1.92. The van der Waals surface area contributed by atoms with Gasteiger partial charge in [-0.25, -0.2) is 9.37 Å². The van der Waals surface area contributed by atoms with Crippen LogP contribution >= 0.6 is 15.9 Å². The Morgan fingerprint density at radius 3 is 2.57 bits per heavy atom. The van der Waals surface area contributed by atoms with Gasteiger partial charge in [-0.2, -0.15) is 0 Å². The highest BCUT2D eigenvalue weighted by atomic mass is 79.9. The van der Waals surface area contributed by atoms with Crippen LogP contribution in [-0.2, 0) is 6.54 Å². The molecule has 5 nitrogen and oxygen atoms in total. The number of carbonyl (C=O) groups excluding carboxylic acids is 1. The summed E-state index contributed by atoms with van der Waals surface area (Å²) in [5, 5.41) is 0. The van der Waals surface area contributed by atoms with Gasteiger partial charge in [-0.1, -0.05) is 34.1 Å². The van der Waals surface area contributed by atoms with Crippen molar-refractivity contribution in [1.29, 1.82) is 0 Å². The molecule has 1 aliphatic heterocycles. The maximum Gasteiger partial charge on any atom is 0.256 e. The van der Waals surface area contributed by atoms with Crippen molar-refractivity contribution in [2.24, 2.45) is 0 Å². The van der Waals surface area contributed by atoms with Crippen molar-refractivity contribution in [3.05, 3.63) is 76.3 Å². The van der Waals surface area contributed by atoms with E-state index in [9.17, 15) is 9.18 Å². The van der Waals surface area contributed by atoms with Crippen molar-refractivity contribution in [2.75, 3.05) is 26.2 Å². The maximum atomic E-state index is 14.1. The number of hydrogen-bond donors (Lipinski definition) is 0. The van der Waals surface area contributed by atoms with E-state index in [2.05, 4.69) is 25.8 Å². The van der Waals surface area contributed by atoms with Crippen molar-refractivity contribution in [2.45, 2.75) is 6.54 Å². The molecule has 4 rings (SSSR count). The summed E-state index contributed by atoms with van der Waals surface area (Å²) >= 11 is 3.21. The first kappa shape index (κ1) is 18.8. The second-order valence-corrected chi connectivity index (χ2v) is 7.62. The summed E-state index contributed by atoms with van der Waals surface area (Å²) < 4.78 is 20.3. The lowest BCUT2D eigenvalue weighted by Gasteiger charge is -2.34. The van der Waals surface area contributed by atoms with E-state index < -0.39 is 5.82 Å². The Bertz CT molecular complexity index is 969. The molecule has 28 heavy (non-hydrogen) atoms. The molecular formula is C21H19BrFN3O2. The number of aromatic nitrogens is 1. The van der Waals surface area contributed by atoms with E-state index in [1.165, 1.54) is 12.1 Å². The smallest absolute Gasteiger partial charge is 0.256 e. The minimum atomic E-state index is -0.502. The van der Waals surface area contributed by atoms with Gasteiger partial charge >= 0.3 is 0 Å². The summed E-state index contributed by atoms with van der Waals surface area (Å²) in [6.07, 6.45) is 1.68. The molecule has 1 fully saturated rings. The lowest BCUT2D eigenvalue weighted by atomic mass is 10.1. The molecule has 3 aromatic rings. The van der Waals surface area contributed by atoms with Crippen molar-refractivity contribution in [3.63, 3.8) is 0 Å². The zero-order chi connectivity index (χ0) is 19.5. The molecule has 144 valence electrons. The van der Waals surface area contributed by atoms with Crippen LogP contribution in [0.4, 0.5) is 4.39 Å². The van der Waals surface area contributed by atoms with Gasteiger partial charge < -0.3 is 9.32 Å². The summed E-state index contributed by atoms with van der Waals surface area (Å²) in [6.45, 7) is 3.18. The third-order valence-electron chi connectivity index (χ3n) is 4.78. The predicted octanol–water partition coefficient (Wildman–Crippen LogP) is 4.20. The number of nitrogens with zero attached hydrogens (tertiary/aromatic N) is 3. The van der Waals surface area contributed by atoms with E-state index in [-0.39, 0.29) is 11.5 Å². The number of rotatable bonds is 4. The highest BCUT2D eigenvalue weighted by Gasteiger charge is 2.24. The Hall–Kier alpha value is -2.51. The first-order chi connectivity index (χ1) is 13.6. The van der Waals surface area contributed by atoms with Gasteiger partial charge in [0.25, 0.3) is 5.91 Å².